The average Bonchev–Trinajstić information content (AvgIpc) is 2.89. The first-order valence-corrected chi connectivity index (χ1v) is 37.7. The van der Waals surface area contributed by atoms with E-state index in [1.807, 2.05) is 7.11 Å². The van der Waals surface area contributed by atoms with Gasteiger partial charge in [0.25, 0.3) is 0 Å². The van der Waals surface area contributed by atoms with E-state index in [1.165, 1.54) is 0 Å². The highest BCUT2D eigenvalue weighted by Crippen LogP contribution is 2.21. The van der Waals surface area contributed by atoms with Gasteiger partial charge >= 0.3 is 17.1 Å². The molecule has 0 fully saturated rings. The molecule has 0 N–H and O–H groups in total. The van der Waals surface area contributed by atoms with Crippen LogP contribution in [0.2, 0.25) is 104 Å². The van der Waals surface area contributed by atoms with Gasteiger partial charge in [-0.25, -0.2) is 0 Å². The van der Waals surface area contributed by atoms with Gasteiger partial charge in [0.1, 0.15) is 0 Å². The van der Waals surface area contributed by atoms with Crippen LogP contribution in [0.15, 0.2) is 25.3 Å². The SMILES string of the molecule is C.C.C.C.C.C.C=CCOCCOCC=C.CO[Si](C)(C)CCCOCCOCCC[Si](C)(C)O[Si](C)(C)O[SiH](C)C.C[SiH](C)O[Si](C)(C)O[SiH](C)C. The number of ether oxygens (including phenoxy) is 4. The Kier molecular flexibility index (Phi) is 61.6. The normalized spacial score (nSPS) is 11.1. The monoisotopic (exact) mass is 887 g/mol. The van der Waals surface area contributed by atoms with Gasteiger partial charge in [-0.05, 0) is 117 Å². The summed E-state index contributed by atoms with van der Waals surface area (Å²) in [6.45, 7) is 43.3. The second kappa shape index (κ2) is 43.8. The third-order valence-corrected chi connectivity index (χ3v) is 26.8. The Labute approximate surface area is 345 Å². The van der Waals surface area contributed by atoms with Crippen LogP contribution in [0.1, 0.15) is 57.4 Å². The summed E-state index contributed by atoms with van der Waals surface area (Å²) in [7, 11) is -7.78. The van der Waals surface area contributed by atoms with Crippen molar-refractivity contribution in [2.45, 2.75) is 161 Å². The van der Waals surface area contributed by atoms with Gasteiger partial charge in [-0.15, -0.1) is 13.2 Å². The lowest BCUT2D eigenvalue weighted by atomic mass is 10.5. The van der Waals surface area contributed by atoms with E-state index in [2.05, 4.69) is 105 Å². The molecule has 0 atom stereocenters. The standard InChI is InChI=1S/C17H44O5Si4.C8H14O2.C6H20O2Si3.6CH4/c1-18-24(4,5)16-10-12-19-14-15-20-13-11-17-25(6,7)22-26(8,9)21-23(2)3;1-3-5-9-7-8-10-6-4-2;1-9(2)7-11(5,6)8-10(3)4;;;;;;/h23H,10-17H2,1-9H3;3-4H,1-2,5-8H2;9-10H,1-6H3;6*1H4. The van der Waals surface area contributed by atoms with E-state index in [-0.39, 0.29) is 44.6 Å². The molecule has 0 heterocycles. The Hall–Kier alpha value is 0.638. The molecule has 0 spiro atoms. The minimum absolute atomic E-state index is 0. The molecule has 53 heavy (non-hydrogen) atoms. The predicted octanol–water partition coefficient (Wildman–Crippen LogP) is 11.5. The van der Waals surface area contributed by atoms with Crippen molar-refractivity contribution in [3.63, 3.8) is 0 Å². The minimum Gasteiger partial charge on any atom is -0.440 e. The van der Waals surface area contributed by atoms with Gasteiger partial charge in [0.15, 0.2) is 43.8 Å². The highest BCUT2D eigenvalue weighted by Gasteiger charge is 2.34. The lowest BCUT2D eigenvalue weighted by Crippen LogP contribution is -2.48. The van der Waals surface area contributed by atoms with Crippen molar-refractivity contribution in [3.8, 4) is 0 Å². The van der Waals surface area contributed by atoms with Crippen molar-refractivity contribution in [2.75, 3.05) is 60.0 Å². The molecule has 0 amide bonds. The first-order valence-electron chi connectivity index (χ1n) is 17.5. The molecule has 9 nitrogen and oxygen atoms in total. The zero-order valence-electron chi connectivity index (χ0n) is 33.5. The molecule has 0 aliphatic rings. The van der Waals surface area contributed by atoms with Crippen LogP contribution in [0.3, 0.4) is 0 Å². The van der Waals surface area contributed by atoms with E-state index in [1.54, 1.807) is 12.2 Å². The Morgan fingerprint density at radius 3 is 1.06 bits per heavy atom. The van der Waals surface area contributed by atoms with Gasteiger partial charge in [-0.1, -0.05) is 56.7 Å². The lowest BCUT2D eigenvalue weighted by molar-refractivity contribution is 0.0478. The Balaban J connectivity index is -0.0000000863. The zero-order valence-corrected chi connectivity index (χ0v) is 40.9. The number of hydrogen-bond acceptors (Lipinski definition) is 9. The van der Waals surface area contributed by atoms with Crippen LogP contribution in [-0.2, 0) is 39.8 Å². The number of hydrogen-bond donors (Lipinski definition) is 0. The Morgan fingerprint density at radius 2 is 0.755 bits per heavy atom. The predicted molar refractivity (Wildman–Crippen MR) is 261 cm³/mol. The number of rotatable bonds is 27. The van der Waals surface area contributed by atoms with Crippen molar-refractivity contribution < 1.29 is 39.8 Å². The second-order valence-corrected chi connectivity index (χ2v) is 38.3. The Bertz CT molecular complexity index is 721. The third kappa shape index (κ3) is 62.1. The van der Waals surface area contributed by atoms with Crippen molar-refractivity contribution >= 4 is 60.9 Å². The second-order valence-electron chi connectivity index (χ2n) is 14.3. The summed E-state index contributed by atoms with van der Waals surface area (Å²) in [5.41, 5.74) is 0. The van der Waals surface area contributed by atoms with Gasteiger partial charge < -0.3 is 39.8 Å². The summed E-state index contributed by atoms with van der Waals surface area (Å²) in [5.74, 6) is 0. The topological polar surface area (TPSA) is 83.1 Å². The van der Waals surface area contributed by atoms with Gasteiger partial charge in [0.05, 0.1) is 39.6 Å². The van der Waals surface area contributed by atoms with Gasteiger partial charge in [0.2, 0.25) is 0 Å². The van der Waals surface area contributed by atoms with Crippen LogP contribution >= 0.6 is 0 Å². The molecule has 0 aromatic rings. The van der Waals surface area contributed by atoms with Crippen molar-refractivity contribution in [2.24, 2.45) is 0 Å². The fraction of sp³-hybridized carbons (Fsp3) is 0.892. The molecule has 332 valence electrons. The summed E-state index contributed by atoms with van der Waals surface area (Å²) in [5, 5.41) is 0. The van der Waals surface area contributed by atoms with Gasteiger partial charge in [-0.2, -0.15) is 0 Å². The average molecular weight is 888 g/mol. The molecule has 0 unspecified atom stereocenters. The van der Waals surface area contributed by atoms with E-state index in [4.69, 9.17) is 39.8 Å². The van der Waals surface area contributed by atoms with Crippen molar-refractivity contribution in [3.05, 3.63) is 25.3 Å². The van der Waals surface area contributed by atoms with E-state index < -0.39 is 60.9 Å². The van der Waals surface area contributed by atoms with Gasteiger partial charge in [-0.3, -0.25) is 0 Å². The first-order chi connectivity index (χ1) is 21.6. The molecule has 0 saturated heterocycles. The molecule has 16 heteroatoms. The summed E-state index contributed by atoms with van der Waals surface area (Å²) < 4.78 is 51.2. The zero-order chi connectivity index (χ0) is 37.0. The summed E-state index contributed by atoms with van der Waals surface area (Å²) in [4.78, 5) is 0. The maximum atomic E-state index is 6.45. The molecule has 0 bridgehead atoms. The maximum absolute atomic E-state index is 6.45. The van der Waals surface area contributed by atoms with Crippen LogP contribution in [0.25, 0.3) is 0 Å². The smallest absolute Gasteiger partial charge is 0.310 e. The molecule has 0 rings (SSSR count). The molecule has 0 saturated carbocycles. The summed E-state index contributed by atoms with van der Waals surface area (Å²) in [6, 6.07) is 2.26. The molecule has 0 aliphatic heterocycles. The van der Waals surface area contributed by atoms with Crippen LogP contribution in [0.4, 0.5) is 0 Å². The van der Waals surface area contributed by atoms with Crippen molar-refractivity contribution in [1.29, 1.82) is 0 Å². The largest absolute Gasteiger partial charge is 0.440 e. The van der Waals surface area contributed by atoms with Crippen LogP contribution in [0.5, 0.6) is 0 Å². The first kappa shape index (κ1) is 74.6. The Morgan fingerprint density at radius 1 is 0.453 bits per heavy atom. The van der Waals surface area contributed by atoms with E-state index in [9.17, 15) is 0 Å². The molecular weight excluding hydrogens is 785 g/mol. The molecular formula is C37H102O9Si7. The van der Waals surface area contributed by atoms with E-state index in [0.29, 0.717) is 39.6 Å². The van der Waals surface area contributed by atoms with Crippen LogP contribution in [0, 0.1) is 0 Å². The van der Waals surface area contributed by atoms with Crippen LogP contribution < -0.4 is 0 Å². The fourth-order valence-corrected chi connectivity index (χ4v) is 27.4. The minimum atomic E-state index is -1.96. The quantitative estimate of drug-likeness (QED) is 0.0455. The van der Waals surface area contributed by atoms with Crippen LogP contribution in [-0.4, -0.2) is 121 Å². The highest BCUT2D eigenvalue weighted by molar-refractivity contribution is 6.84. The lowest BCUT2D eigenvalue weighted by Gasteiger charge is -2.34. The maximum Gasteiger partial charge on any atom is 0.310 e. The summed E-state index contributed by atoms with van der Waals surface area (Å²) in [6.07, 6.45) is 5.56. The molecule has 0 aromatic carbocycles. The molecule has 0 aromatic heterocycles. The highest BCUT2D eigenvalue weighted by atomic mass is 28.5. The molecule has 0 radical (unpaired) electrons. The fourth-order valence-electron chi connectivity index (χ4n) is 4.55. The van der Waals surface area contributed by atoms with E-state index >= 15 is 0 Å². The summed E-state index contributed by atoms with van der Waals surface area (Å²) >= 11 is 0. The molecule has 0 aliphatic carbocycles. The van der Waals surface area contributed by atoms with E-state index in [0.717, 1.165) is 38.1 Å². The third-order valence-electron chi connectivity index (χ3n) is 5.98. The van der Waals surface area contributed by atoms with Crippen molar-refractivity contribution in [1.82, 2.24) is 0 Å². The van der Waals surface area contributed by atoms with Gasteiger partial charge in [0, 0.05) is 20.3 Å².